The quantitative estimate of drug-likeness (QED) is 0.789. The summed E-state index contributed by atoms with van der Waals surface area (Å²) in [6.45, 7) is 0.362. The van der Waals surface area contributed by atoms with E-state index in [1.807, 2.05) is 0 Å². The predicted octanol–water partition coefficient (Wildman–Crippen LogP) is 2.84. The van der Waals surface area contributed by atoms with E-state index in [0.717, 1.165) is 12.1 Å². The first kappa shape index (κ1) is 13.0. The van der Waals surface area contributed by atoms with Gasteiger partial charge in [-0.3, -0.25) is 0 Å². The number of alkyl halides is 3. The minimum Gasteiger partial charge on any atom is -0.330 e. The molecule has 1 aromatic carbocycles. The molecule has 1 aromatic rings. The number of benzene rings is 1. The van der Waals surface area contributed by atoms with E-state index in [4.69, 9.17) is 5.73 Å². The van der Waals surface area contributed by atoms with Gasteiger partial charge >= 0.3 is 6.18 Å². The maximum atomic E-state index is 12.2. The summed E-state index contributed by atoms with van der Waals surface area (Å²) in [7, 11) is 0. The van der Waals surface area contributed by atoms with Crippen LogP contribution in [0.4, 0.5) is 13.2 Å². The summed E-state index contributed by atoms with van der Waals surface area (Å²) in [6, 6.07) is 5.22. The highest BCUT2D eigenvalue weighted by Crippen LogP contribution is 2.29. The lowest BCUT2D eigenvalue weighted by Gasteiger charge is -2.07. The second kappa shape index (κ2) is 5.00. The van der Waals surface area contributed by atoms with Crippen molar-refractivity contribution >= 4 is 0 Å². The topological polar surface area (TPSA) is 26.0 Å². The van der Waals surface area contributed by atoms with Crippen LogP contribution in [0.15, 0.2) is 24.3 Å². The van der Waals surface area contributed by atoms with Gasteiger partial charge in [-0.15, -0.1) is 0 Å². The van der Waals surface area contributed by atoms with E-state index in [1.54, 1.807) is 6.07 Å². The Morgan fingerprint density at radius 2 is 1.86 bits per heavy atom. The van der Waals surface area contributed by atoms with E-state index in [1.165, 1.54) is 6.07 Å². The van der Waals surface area contributed by atoms with Crippen molar-refractivity contribution in [3.63, 3.8) is 0 Å². The minimum absolute atomic E-state index is 0. The molecule has 0 fully saturated rings. The van der Waals surface area contributed by atoms with Crippen molar-refractivity contribution in [2.24, 2.45) is 5.73 Å². The lowest BCUT2D eigenvalue weighted by atomic mass is 10.1. The van der Waals surface area contributed by atoms with Crippen LogP contribution in [0.2, 0.25) is 0 Å². The molecular weight excluding hydrogens is 191 g/mol. The summed E-state index contributed by atoms with van der Waals surface area (Å²) < 4.78 is 36.5. The van der Waals surface area contributed by atoms with Crippen molar-refractivity contribution in [1.82, 2.24) is 0 Å². The van der Waals surface area contributed by atoms with Gasteiger partial charge in [0.1, 0.15) is 0 Å². The molecule has 0 saturated heterocycles. The highest BCUT2D eigenvalue weighted by Gasteiger charge is 2.30. The molecule has 0 saturated carbocycles. The zero-order chi connectivity index (χ0) is 9.90. The van der Waals surface area contributed by atoms with E-state index < -0.39 is 11.7 Å². The van der Waals surface area contributed by atoms with Crippen LogP contribution >= 0.6 is 0 Å². The molecule has 0 bridgehead atoms. The maximum Gasteiger partial charge on any atom is 0.416 e. The van der Waals surface area contributed by atoms with Crippen LogP contribution in [0.3, 0.4) is 0 Å². The third-order valence-corrected chi connectivity index (χ3v) is 1.69. The lowest BCUT2D eigenvalue weighted by molar-refractivity contribution is -0.137. The van der Waals surface area contributed by atoms with Crippen LogP contribution in [-0.4, -0.2) is 6.54 Å². The summed E-state index contributed by atoms with van der Waals surface area (Å²) in [6.07, 6.45) is -3.78. The van der Waals surface area contributed by atoms with Crippen LogP contribution in [0.1, 0.15) is 18.6 Å². The lowest BCUT2D eigenvalue weighted by Crippen LogP contribution is -2.07. The van der Waals surface area contributed by atoms with Gasteiger partial charge in [0.2, 0.25) is 0 Å². The highest BCUT2D eigenvalue weighted by atomic mass is 19.4. The standard InChI is InChI=1S/C9H10F3N.CH4/c10-9(11,12)8-3-1-2-7(6-8)4-5-13;/h1-3,6H,4-5,13H2;1H4. The van der Waals surface area contributed by atoms with Crippen LogP contribution < -0.4 is 5.73 Å². The Balaban J connectivity index is 0.00000169. The minimum atomic E-state index is -4.26. The smallest absolute Gasteiger partial charge is 0.330 e. The van der Waals surface area contributed by atoms with Crippen molar-refractivity contribution in [3.8, 4) is 0 Å². The summed E-state index contributed by atoms with van der Waals surface area (Å²) in [5.74, 6) is 0. The second-order valence-corrected chi connectivity index (χ2v) is 2.74. The van der Waals surface area contributed by atoms with Gasteiger partial charge in [-0.25, -0.2) is 0 Å². The Morgan fingerprint density at radius 1 is 1.21 bits per heavy atom. The fourth-order valence-corrected chi connectivity index (χ4v) is 1.07. The van der Waals surface area contributed by atoms with Gasteiger partial charge < -0.3 is 5.73 Å². The van der Waals surface area contributed by atoms with Gasteiger partial charge in [-0.1, -0.05) is 25.6 Å². The Labute approximate surface area is 81.7 Å². The number of hydrogen-bond acceptors (Lipinski definition) is 1. The van der Waals surface area contributed by atoms with Crippen molar-refractivity contribution in [2.45, 2.75) is 20.0 Å². The molecule has 4 heteroatoms. The molecule has 0 atom stereocenters. The van der Waals surface area contributed by atoms with E-state index >= 15 is 0 Å². The molecule has 0 amide bonds. The molecule has 14 heavy (non-hydrogen) atoms. The van der Waals surface area contributed by atoms with Gasteiger partial charge in [0.05, 0.1) is 5.56 Å². The number of halogens is 3. The fourth-order valence-electron chi connectivity index (χ4n) is 1.07. The second-order valence-electron chi connectivity index (χ2n) is 2.74. The van der Waals surface area contributed by atoms with Crippen LogP contribution in [0.5, 0.6) is 0 Å². The molecular formula is C10H14F3N. The largest absolute Gasteiger partial charge is 0.416 e. The first-order valence-electron chi connectivity index (χ1n) is 3.90. The molecule has 0 radical (unpaired) electrons. The first-order valence-corrected chi connectivity index (χ1v) is 3.90. The van der Waals surface area contributed by atoms with E-state index in [2.05, 4.69) is 0 Å². The third kappa shape index (κ3) is 3.38. The molecule has 2 N–H and O–H groups in total. The van der Waals surface area contributed by atoms with Gasteiger partial charge in [0.25, 0.3) is 0 Å². The van der Waals surface area contributed by atoms with Crippen LogP contribution in [0, 0.1) is 0 Å². The van der Waals surface area contributed by atoms with Gasteiger partial charge in [-0.05, 0) is 24.6 Å². The molecule has 0 spiro atoms. The molecule has 0 unspecified atom stereocenters. The van der Waals surface area contributed by atoms with Gasteiger partial charge in [0.15, 0.2) is 0 Å². The predicted molar refractivity (Wildman–Crippen MR) is 50.9 cm³/mol. The average molecular weight is 205 g/mol. The van der Waals surface area contributed by atoms with Crippen molar-refractivity contribution in [2.75, 3.05) is 6.54 Å². The van der Waals surface area contributed by atoms with Gasteiger partial charge in [0, 0.05) is 0 Å². The SMILES string of the molecule is C.NCCc1cccc(C(F)(F)F)c1. The number of hydrogen-bond donors (Lipinski definition) is 1. The van der Waals surface area contributed by atoms with Crippen molar-refractivity contribution in [3.05, 3.63) is 35.4 Å². The zero-order valence-electron chi connectivity index (χ0n) is 6.93. The molecule has 0 aliphatic rings. The summed E-state index contributed by atoms with van der Waals surface area (Å²) >= 11 is 0. The third-order valence-electron chi connectivity index (χ3n) is 1.69. The zero-order valence-corrected chi connectivity index (χ0v) is 6.93. The number of rotatable bonds is 2. The molecule has 0 aromatic heterocycles. The van der Waals surface area contributed by atoms with Gasteiger partial charge in [-0.2, -0.15) is 13.2 Å². The van der Waals surface area contributed by atoms with Crippen molar-refractivity contribution in [1.29, 1.82) is 0 Å². The molecule has 0 aliphatic carbocycles. The fraction of sp³-hybridized carbons (Fsp3) is 0.400. The Morgan fingerprint density at radius 3 is 2.36 bits per heavy atom. The summed E-state index contributed by atoms with van der Waals surface area (Å²) in [5, 5.41) is 0. The summed E-state index contributed by atoms with van der Waals surface area (Å²) in [4.78, 5) is 0. The van der Waals surface area contributed by atoms with Crippen LogP contribution in [-0.2, 0) is 12.6 Å². The highest BCUT2D eigenvalue weighted by molar-refractivity contribution is 5.25. The van der Waals surface area contributed by atoms with E-state index in [0.29, 0.717) is 18.5 Å². The van der Waals surface area contributed by atoms with Crippen LogP contribution in [0.25, 0.3) is 0 Å². The number of nitrogens with two attached hydrogens (primary N) is 1. The first-order chi connectivity index (χ1) is 6.04. The average Bonchev–Trinajstić information content (AvgIpc) is 2.04. The normalized spacial score (nSPS) is 10.9. The molecule has 1 nitrogen and oxygen atoms in total. The monoisotopic (exact) mass is 205 g/mol. The Kier molecular flexibility index (Phi) is 4.63. The Bertz CT molecular complexity index is 281. The Hall–Kier alpha value is -1.03. The molecule has 0 heterocycles. The molecule has 1 rings (SSSR count). The molecule has 0 aliphatic heterocycles. The van der Waals surface area contributed by atoms with E-state index in [9.17, 15) is 13.2 Å². The molecule has 80 valence electrons. The summed E-state index contributed by atoms with van der Waals surface area (Å²) in [5.41, 5.74) is 5.25. The van der Waals surface area contributed by atoms with Crippen molar-refractivity contribution < 1.29 is 13.2 Å². The van der Waals surface area contributed by atoms with E-state index in [-0.39, 0.29) is 7.43 Å². The maximum absolute atomic E-state index is 12.2.